The zero-order chi connectivity index (χ0) is 15.1. The maximum absolute atomic E-state index is 9.10. The monoisotopic (exact) mass is 294 g/mol. The van der Waals surface area contributed by atoms with Crippen molar-refractivity contribution in [2.45, 2.75) is 39.0 Å². The average molecular weight is 294 g/mol. The van der Waals surface area contributed by atoms with Crippen LogP contribution in [0.15, 0.2) is 0 Å². The van der Waals surface area contributed by atoms with Gasteiger partial charge in [0.2, 0.25) is 17.8 Å². The summed E-state index contributed by atoms with van der Waals surface area (Å²) in [6, 6.07) is 0. The normalized spacial score (nSPS) is 16.2. The van der Waals surface area contributed by atoms with E-state index in [9.17, 15) is 0 Å². The lowest BCUT2D eigenvalue weighted by Crippen LogP contribution is -2.23. The van der Waals surface area contributed by atoms with Crippen LogP contribution in [-0.4, -0.2) is 46.3 Å². The average Bonchev–Trinajstić information content (AvgIpc) is 2.99. The minimum absolute atomic E-state index is 0.213. The first-order chi connectivity index (χ1) is 10.2. The Morgan fingerprint density at radius 2 is 2.00 bits per heavy atom. The van der Waals surface area contributed by atoms with Crippen molar-refractivity contribution < 1.29 is 5.11 Å². The number of anilines is 3. The Balaban J connectivity index is 1.98. The van der Waals surface area contributed by atoms with Gasteiger partial charge in [0.05, 0.1) is 0 Å². The number of aliphatic hydroxyl groups is 1. The first kappa shape index (κ1) is 15.8. The van der Waals surface area contributed by atoms with E-state index < -0.39 is 0 Å². The fourth-order valence-corrected chi connectivity index (χ4v) is 2.69. The highest BCUT2D eigenvalue weighted by molar-refractivity contribution is 5.42. The molecule has 1 aromatic rings. The van der Waals surface area contributed by atoms with Gasteiger partial charge in [-0.25, -0.2) is 0 Å². The van der Waals surface area contributed by atoms with Crippen LogP contribution in [0.5, 0.6) is 0 Å². The largest absolute Gasteiger partial charge is 0.396 e. The van der Waals surface area contributed by atoms with Gasteiger partial charge in [-0.1, -0.05) is 13.3 Å². The molecule has 21 heavy (non-hydrogen) atoms. The maximum atomic E-state index is 9.10. The van der Waals surface area contributed by atoms with Crippen LogP contribution in [0.25, 0.3) is 0 Å². The molecule has 0 aliphatic carbocycles. The second-order valence-electron chi connectivity index (χ2n) is 5.56. The molecule has 0 aromatic carbocycles. The lowest BCUT2D eigenvalue weighted by atomic mass is 10.0. The quantitative estimate of drug-likeness (QED) is 0.663. The number of nitrogens with two attached hydrogens (primary N) is 1. The van der Waals surface area contributed by atoms with E-state index in [2.05, 4.69) is 32.1 Å². The number of rotatable bonds is 8. The summed E-state index contributed by atoms with van der Waals surface area (Å²) in [6.45, 7) is 5.07. The van der Waals surface area contributed by atoms with Crippen molar-refractivity contribution >= 4 is 17.8 Å². The molecule has 1 aliphatic heterocycles. The summed E-state index contributed by atoms with van der Waals surface area (Å²) in [4.78, 5) is 15.0. The summed E-state index contributed by atoms with van der Waals surface area (Å²) >= 11 is 0. The number of nitrogen functional groups attached to an aromatic ring is 1. The number of nitrogens with one attached hydrogen (secondary N) is 1. The smallest absolute Gasteiger partial charge is 0.231 e. The Bertz CT molecular complexity index is 429. The third-order valence-corrected chi connectivity index (χ3v) is 3.81. The van der Waals surface area contributed by atoms with Crippen LogP contribution < -0.4 is 16.0 Å². The summed E-state index contributed by atoms with van der Waals surface area (Å²) in [5.41, 5.74) is 5.78. The molecule has 0 bridgehead atoms. The second kappa shape index (κ2) is 7.97. The van der Waals surface area contributed by atoms with Crippen molar-refractivity contribution in [3.05, 3.63) is 0 Å². The van der Waals surface area contributed by atoms with E-state index in [1.165, 1.54) is 12.8 Å². The van der Waals surface area contributed by atoms with Crippen LogP contribution in [0.2, 0.25) is 0 Å². The van der Waals surface area contributed by atoms with Crippen molar-refractivity contribution in [3.63, 3.8) is 0 Å². The van der Waals surface area contributed by atoms with E-state index in [-0.39, 0.29) is 12.6 Å². The van der Waals surface area contributed by atoms with Gasteiger partial charge in [0.1, 0.15) is 0 Å². The van der Waals surface area contributed by atoms with Gasteiger partial charge in [0.15, 0.2) is 0 Å². The van der Waals surface area contributed by atoms with E-state index in [1.54, 1.807) is 0 Å². The Hall–Kier alpha value is -1.63. The summed E-state index contributed by atoms with van der Waals surface area (Å²) in [6.07, 6.45) is 5.31. The van der Waals surface area contributed by atoms with Crippen molar-refractivity contribution in [2.24, 2.45) is 5.92 Å². The van der Waals surface area contributed by atoms with Crippen molar-refractivity contribution in [3.8, 4) is 0 Å². The number of hydrogen-bond donors (Lipinski definition) is 3. The molecule has 7 nitrogen and oxygen atoms in total. The van der Waals surface area contributed by atoms with E-state index in [0.717, 1.165) is 38.9 Å². The molecule has 1 aromatic heterocycles. The highest BCUT2D eigenvalue weighted by atomic mass is 16.3. The molecule has 1 atom stereocenters. The highest BCUT2D eigenvalue weighted by Gasteiger charge is 2.17. The van der Waals surface area contributed by atoms with E-state index >= 15 is 0 Å². The summed E-state index contributed by atoms with van der Waals surface area (Å²) in [5, 5.41) is 12.3. The van der Waals surface area contributed by atoms with Gasteiger partial charge >= 0.3 is 0 Å². The van der Waals surface area contributed by atoms with E-state index in [0.29, 0.717) is 17.8 Å². The molecule has 1 fully saturated rings. The van der Waals surface area contributed by atoms with Gasteiger partial charge in [0, 0.05) is 26.2 Å². The SMILES string of the molecule is CCCC(CCO)CNc1nc(N)nc(N2CCCC2)n1. The highest BCUT2D eigenvalue weighted by Crippen LogP contribution is 2.18. The zero-order valence-corrected chi connectivity index (χ0v) is 12.8. The lowest BCUT2D eigenvalue weighted by Gasteiger charge is -2.18. The van der Waals surface area contributed by atoms with E-state index in [1.807, 2.05) is 0 Å². The van der Waals surface area contributed by atoms with E-state index in [4.69, 9.17) is 10.8 Å². The molecule has 1 saturated heterocycles. The van der Waals surface area contributed by atoms with Crippen LogP contribution in [0.3, 0.4) is 0 Å². The molecular weight excluding hydrogens is 268 g/mol. The second-order valence-corrected chi connectivity index (χ2v) is 5.56. The maximum Gasteiger partial charge on any atom is 0.231 e. The van der Waals surface area contributed by atoms with Crippen molar-refractivity contribution in [1.82, 2.24) is 15.0 Å². The molecular formula is C14H26N6O. The molecule has 0 radical (unpaired) electrons. The van der Waals surface area contributed by atoms with Crippen LogP contribution in [0, 0.1) is 5.92 Å². The number of aliphatic hydroxyl groups excluding tert-OH is 1. The van der Waals surface area contributed by atoms with Crippen LogP contribution in [0.1, 0.15) is 39.0 Å². The van der Waals surface area contributed by atoms with Gasteiger partial charge in [0.25, 0.3) is 0 Å². The third-order valence-electron chi connectivity index (χ3n) is 3.81. The molecule has 0 saturated carbocycles. The minimum atomic E-state index is 0.213. The molecule has 1 unspecified atom stereocenters. The van der Waals surface area contributed by atoms with Crippen LogP contribution >= 0.6 is 0 Å². The van der Waals surface area contributed by atoms with Gasteiger partial charge < -0.3 is 21.1 Å². The summed E-state index contributed by atoms with van der Waals surface area (Å²) in [7, 11) is 0. The number of nitrogens with zero attached hydrogens (tertiary/aromatic N) is 4. The predicted molar refractivity (Wildman–Crippen MR) is 84.3 cm³/mol. The Morgan fingerprint density at radius 3 is 2.67 bits per heavy atom. The summed E-state index contributed by atoms with van der Waals surface area (Å²) < 4.78 is 0. The molecule has 0 spiro atoms. The molecule has 1 aliphatic rings. The van der Waals surface area contributed by atoms with Gasteiger partial charge in [-0.15, -0.1) is 0 Å². The Labute approximate surface area is 126 Å². The number of hydrogen-bond acceptors (Lipinski definition) is 7. The van der Waals surface area contributed by atoms with Crippen LogP contribution in [-0.2, 0) is 0 Å². The fraction of sp³-hybridized carbons (Fsp3) is 0.786. The molecule has 0 amide bonds. The summed E-state index contributed by atoms with van der Waals surface area (Å²) in [5.74, 6) is 1.87. The van der Waals surface area contributed by atoms with Crippen molar-refractivity contribution in [2.75, 3.05) is 42.2 Å². The van der Waals surface area contributed by atoms with Gasteiger partial charge in [-0.2, -0.15) is 15.0 Å². The fourth-order valence-electron chi connectivity index (χ4n) is 2.69. The van der Waals surface area contributed by atoms with Gasteiger partial charge in [-0.05, 0) is 31.6 Å². The molecule has 4 N–H and O–H groups in total. The van der Waals surface area contributed by atoms with Crippen LogP contribution in [0.4, 0.5) is 17.8 Å². The molecule has 2 rings (SSSR count). The first-order valence-electron chi connectivity index (χ1n) is 7.84. The molecule has 2 heterocycles. The third kappa shape index (κ3) is 4.70. The topological polar surface area (TPSA) is 100 Å². The minimum Gasteiger partial charge on any atom is -0.396 e. The lowest BCUT2D eigenvalue weighted by molar-refractivity contribution is 0.255. The predicted octanol–water partition coefficient (Wildman–Crippen LogP) is 1.26. The van der Waals surface area contributed by atoms with Crippen molar-refractivity contribution in [1.29, 1.82) is 0 Å². The standard InChI is InChI=1S/C14H26N6O/c1-2-5-11(6-9-21)10-16-13-17-12(15)18-14(19-13)20-7-3-4-8-20/h11,21H,2-10H2,1H3,(H3,15,16,17,18,19). The Morgan fingerprint density at radius 1 is 1.24 bits per heavy atom. The van der Waals surface area contributed by atoms with Gasteiger partial charge in [-0.3, -0.25) is 0 Å². The first-order valence-corrected chi connectivity index (χ1v) is 7.84. The zero-order valence-electron chi connectivity index (χ0n) is 12.8. The number of aromatic nitrogens is 3. The molecule has 118 valence electrons. The Kier molecular flexibility index (Phi) is 5.98. The molecule has 7 heteroatoms.